The van der Waals surface area contributed by atoms with Crippen molar-refractivity contribution in [2.45, 2.75) is 19.4 Å². The molecule has 1 saturated heterocycles. The molecule has 1 fully saturated rings. The molecule has 0 aliphatic carbocycles. The number of amides is 2. The van der Waals surface area contributed by atoms with Crippen molar-refractivity contribution in [1.29, 1.82) is 0 Å². The molecule has 2 amide bonds. The third-order valence-electron chi connectivity index (χ3n) is 5.51. The molecule has 2 N–H and O–H groups in total. The number of hydrogen-bond acceptors (Lipinski definition) is 6. The Balaban J connectivity index is 1.49. The molecule has 8 nitrogen and oxygen atoms in total. The first-order valence-electron chi connectivity index (χ1n) is 11.2. The van der Waals surface area contributed by atoms with E-state index in [4.69, 9.17) is 9.47 Å². The zero-order valence-electron chi connectivity index (χ0n) is 18.9. The van der Waals surface area contributed by atoms with Crippen LogP contribution >= 0.6 is 0 Å². The van der Waals surface area contributed by atoms with Gasteiger partial charge in [0.25, 0.3) is 0 Å². The molecule has 1 aliphatic heterocycles. The standard InChI is InChI=1S/C25H27FN4O4/c1-2-34-23(31)16-21(17-6-4-3-5-7-17)28-25(32)27-19-14-18-8-9-22(29-24(18)20(26)15-19)30-10-12-33-13-11-30/h3-9,14-15,21H,2,10-13,16H2,1H3,(H2,27,28,32)/t21-/m0/s1. The number of halogens is 1. The minimum absolute atomic E-state index is 0.0222. The molecule has 2 heterocycles. The van der Waals surface area contributed by atoms with Gasteiger partial charge in [-0.25, -0.2) is 14.2 Å². The number of pyridine rings is 1. The minimum Gasteiger partial charge on any atom is -0.466 e. The third-order valence-corrected chi connectivity index (χ3v) is 5.51. The number of fused-ring (bicyclic) bond motifs is 1. The molecule has 0 saturated carbocycles. The molecule has 0 spiro atoms. The average Bonchev–Trinajstić information content (AvgIpc) is 2.85. The van der Waals surface area contributed by atoms with Crippen LogP contribution in [0.5, 0.6) is 0 Å². The monoisotopic (exact) mass is 466 g/mol. The van der Waals surface area contributed by atoms with Crippen LogP contribution in [0.2, 0.25) is 0 Å². The molecule has 9 heteroatoms. The fourth-order valence-electron chi connectivity index (χ4n) is 3.87. The number of ether oxygens (including phenoxy) is 2. The van der Waals surface area contributed by atoms with Crippen LogP contribution in [-0.2, 0) is 14.3 Å². The third kappa shape index (κ3) is 5.79. The van der Waals surface area contributed by atoms with Crippen LogP contribution in [0.4, 0.5) is 20.7 Å². The van der Waals surface area contributed by atoms with Gasteiger partial charge in [0.15, 0.2) is 5.82 Å². The predicted molar refractivity (Wildman–Crippen MR) is 127 cm³/mol. The summed E-state index contributed by atoms with van der Waals surface area (Å²) < 4.78 is 25.3. The highest BCUT2D eigenvalue weighted by atomic mass is 19.1. The van der Waals surface area contributed by atoms with E-state index in [1.165, 1.54) is 6.07 Å². The number of morpholine rings is 1. The van der Waals surface area contributed by atoms with E-state index in [2.05, 4.69) is 20.5 Å². The van der Waals surface area contributed by atoms with Crippen LogP contribution < -0.4 is 15.5 Å². The summed E-state index contributed by atoms with van der Waals surface area (Å²) in [5.74, 6) is -0.262. The Morgan fingerprint density at radius 2 is 1.91 bits per heavy atom. The molecule has 1 aromatic heterocycles. The summed E-state index contributed by atoms with van der Waals surface area (Å²) in [5.41, 5.74) is 1.28. The van der Waals surface area contributed by atoms with E-state index in [0.717, 1.165) is 5.56 Å². The Hall–Kier alpha value is -3.72. The molecular formula is C25H27FN4O4. The number of esters is 1. The van der Waals surface area contributed by atoms with Crippen molar-refractivity contribution in [3.63, 3.8) is 0 Å². The van der Waals surface area contributed by atoms with Gasteiger partial charge < -0.3 is 25.0 Å². The first-order valence-corrected chi connectivity index (χ1v) is 11.2. The number of anilines is 2. The van der Waals surface area contributed by atoms with Crippen molar-refractivity contribution in [2.75, 3.05) is 43.1 Å². The fraction of sp³-hybridized carbons (Fsp3) is 0.320. The van der Waals surface area contributed by atoms with E-state index >= 15 is 0 Å². The van der Waals surface area contributed by atoms with Gasteiger partial charge in [-0.2, -0.15) is 0 Å². The van der Waals surface area contributed by atoms with E-state index in [9.17, 15) is 14.0 Å². The maximum atomic E-state index is 14.9. The summed E-state index contributed by atoms with van der Waals surface area (Å²) in [7, 11) is 0. The fourth-order valence-corrected chi connectivity index (χ4v) is 3.87. The van der Waals surface area contributed by atoms with Crippen molar-refractivity contribution in [1.82, 2.24) is 10.3 Å². The first-order chi connectivity index (χ1) is 16.5. The number of carbonyl (C=O) groups excluding carboxylic acids is 2. The number of aromatic nitrogens is 1. The second-order valence-electron chi connectivity index (χ2n) is 7.87. The van der Waals surface area contributed by atoms with Crippen molar-refractivity contribution in [3.05, 3.63) is 66.0 Å². The molecule has 1 atom stereocenters. The molecular weight excluding hydrogens is 439 g/mol. The highest BCUT2D eigenvalue weighted by Gasteiger charge is 2.20. The smallest absolute Gasteiger partial charge is 0.319 e. The summed E-state index contributed by atoms with van der Waals surface area (Å²) in [6.07, 6.45) is -0.0222. The molecule has 178 valence electrons. The van der Waals surface area contributed by atoms with Gasteiger partial charge in [0, 0.05) is 24.2 Å². The summed E-state index contributed by atoms with van der Waals surface area (Å²) >= 11 is 0. The molecule has 0 unspecified atom stereocenters. The molecule has 2 aromatic carbocycles. The summed E-state index contributed by atoms with van der Waals surface area (Å²) in [4.78, 5) is 31.3. The van der Waals surface area contributed by atoms with E-state index in [-0.39, 0.29) is 24.2 Å². The van der Waals surface area contributed by atoms with Crippen LogP contribution in [0.3, 0.4) is 0 Å². The predicted octanol–water partition coefficient (Wildman–Crippen LogP) is 4.03. The maximum absolute atomic E-state index is 14.9. The molecule has 0 bridgehead atoms. The molecule has 3 aromatic rings. The normalized spacial score (nSPS) is 14.5. The van der Waals surface area contributed by atoms with E-state index in [0.29, 0.717) is 37.5 Å². The Bertz CT molecular complexity index is 1150. The number of nitrogens with zero attached hydrogens (tertiary/aromatic N) is 2. The quantitative estimate of drug-likeness (QED) is 0.511. The Kier molecular flexibility index (Phi) is 7.54. The average molecular weight is 467 g/mol. The van der Waals surface area contributed by atoms with Gasteiger partial charge in [-0.1, -0.05) is 30.3 Å². The molecule has 4 rings (SSSR count). The summed E-state index contributed by atoms with van der Waals surface area (Å²) in [6.45, 7) is 4.61. The Morgan fingerprint density at radius 3 is 2.65 bits per heavy atom. The van der Waals surface area contributed by atoms with Crippen molar-refractivity contribution >= 4 is 34.4 Å². The van der Waals surface area contributed by atoms with Crippen LogP contribution in [0.15, 0.2) is 54.6 Å². The SMILES string of the molecule is CCOC(=O)C[C@H](NC(=O)Nc1cc(F)c2nc(N3CCOCC3)ccc2c1)c1ccccc1. The lowest BCUT2D eigenvalue weighted by atomic mass is 10.0. The van der Waals surface area contributed by atoms with E-state index in [1.807, 2.05) is 36.4 Å². The number of benzene rings is 2. The number of nitrogens with one attached hydrogen (secondary N) is 2. The van der Waals surface area contributed by atoms with Crippen molar-refractivity contribution in [2.24, 2.45) is 0 Å². The van der Waals surface area contributed by atoms with Gasteiger partial charge in [0.1, 0.15) is 11.3 Å². The highest BCUT2D eigenvalue weighted by molar-refractivity contribution is 5.93. The molecule has 34 heavy (non-hydrogen) atoms. The van der Waals surface area contributed by atoms with E-state index < -0.39 is 23.9 Å². The lowest BCUT2D eigenvalue weighted by Crippen LogP contribution is -2.36. The minimum atomic E-state index is -0.594. The van der Waals surface area contributed by atoms with Gasteiger partial charge >= 0.3 is 12.0 Å². The van der Waals surface area contributed by atoms with Gasteiger partial charge in [-0.15, -0.1) is 0 Å². The number of carbonyl (C=O) groups is 2. The van der Waals surface area contributed by atoms with E-state index in [1.54, 1.807) is 19.1 Å². The van der Waals surface area contributed by atoms with Gasteiger partial charge in [0.05, 0.1) is 32.3 Å². The lowest BCUT2D eigenvalue weighted by Gasteiger charge is -2.28. The topological polar surface area (TPSA) is 92.8 Å². The van der Waals surface area contributed by atoms with Crippen molar-refractivity contribution < 1.29 is 23.5 Å². The zero-order valence-corrected chi connectivity index (χ0v) is 18.9. The number of rotatable bonds is 7. The van der Waals surface area contributed by atoms with Crippen LogP contribution in [-0.4, -0.2) is 49.9 Å². The van der Waals surface area contributed by atoms with Gasteiger partial charge in [0.2, 0.25) is 0 Å². The van der Waals surface area contributed by atoms with Crippen molar-refractivity contribution in [3.8, 4) is 0 Å². The van der Waals surface area contributed by atoms with Crippen LogP contribution in [0, 0.1) is 5.82 Å². The zero-order chi connectivity index (χ0) is 23.9. The summed E-state index contributed by atoms with van der Waals surface area (Å²) in [6, 6.07) is 14.5. The first kappa shape index (κ1) is 23.4. The second-order valence-corrected chi connectivity index (χ2v) is 7.87. The molecule has 1 aliphatic rings. The Morgan fingerprint density at radius 1 is 1.15 bits per heavy atom. The number of hydrogen-bond donors (Lipinski definition) is 2. The summed E-state index contributed by atoms with van der Waals surface area (Å²) in [5, 5.41) is 6.01. The number of urea groups is 1. The molecule has 0 radical (unpaired) electrons. The van der Waals surface area contributed by atoms with Crippen LogP contribution in [0.25, 0.3) is 10.9 Å². The van der Waals surface area contributed by atoms with Crippen LogP contribution in [0.1, 0.15) is 24.9 Å². The largest absolute Gasteiger partial charge is 0.466 e. The van der Waals surface area contributed by atoms with Gasteiger partial charge in [-0.05, 0) is 36.8 Å². The Labute approximate surface area is 197 Å². The van der Waals surface area contributed by atoms with Gasteiger partial charge in [-0.3, -0.25) is 4.79 Å². The highest BCUT2D eigenvalue weighted by Crippen LogP contribution is 2.25. The second kappa shape index (κ2) is 10.9. The lowest BCUT2D eigenvalue weighted by molar-refractivity contribution is -0.143. The maximum Gasteiger partial charge on any atom is 0.319 e.